The fourth-order valence-corrected chi connectivity index (χ4v) is 4.03. The van der Waals surface area contributed by atoms with Crippen LogP contribution in [0, 0.1) is 27.7 Å². The van der Waals surface area contributed by atoms with Crippen molar-refractivity contribution in [2.24, 2.45) is 0 Å². The number of rotatable bonds is 2. The predicted octanol–water partition coefficient (Wildman–Crippen LogP) is 5.60. The van der Waals surface area contributed by atoms with E-state index in [0.717, 1.165) is 12.8 Å². The predicted molar refractivity (Wildman–Crippen MR) is 97.2 cm³/mol. The van der Waals surface area contributed by atoms with Gasteiger partial charge in [0.15, 0.2) is 0 Å². The summed E-state index contributed by atoms with van der Waals surface area (Å²) < 4.78 is 0. The maximum Gasteiger partial charge on any atom is 0.130 e. The van der Waals surface area contributed by atoms with Crippen LogP contribution < -0.4 is 0 Å². The second kappa shape index (κ2) is 5.96. The Morgan fingerprint density at radius 2 is 1.83 bits per heavy atom. The Labute approximate surface area is 139 Å². The largest absolute Gasteiger partial charge is 0.300 e. The summed E-state index contributed by atoms with van der Waals surface area (Å²) >= 11 is 0. The minimum Gasteiger partial charge on any atom is -0.300 e. The summed E-state index contributed by atoms with van der Waals surface area (Å²) in [5.41, 5.74) is 11.0. The maximum atomic E-state index is 11.8. The zero-order valence-electron chi connectivity index (χ0n) is 14.9. The summed E-state index contributed by atoms with van der Waals surface area (Å²) in [7, 11) is 0. The Morgan fingerprint density at radius 1 is 1.09 bits per heavy atom. The molecule has 3 rings (SSSR count). The van der Waals surface area contributed by atoms with Gasteiger partial charge in [-0.15, -0.1) is 0 Å². The number of hydrogen-bond acceptors (Lipinski definition) is 1. The molecule has 1 nitrogen and oxygen atoms in total. The zero-order chi connectivity index (χ0) is 16.7. The number of ketones is 1. The third kappa shape index (κ3) is 2.85. The average Bonchev–Trinajstić information content (AvgIpc) is 2.62. The van der Waals surface area contributed by atoms with Crippen molar-refractivity contribution < 1.29 is 4.79 Å². The van der Waals surface area contributed by atoms with E-state index in [4.69, 9.17) is 0 Å². The van der Waals surface area contributed by atoms with Crippen molar-refractivity contribution in [3.8, 4) is 11.1 Å². The van der Waals surface area contributed by atoms with E-state index in [1.807, 2.05) is 0 Å². The molecule has 0 fully saturated rings. The molecule has 1 aliphatic rings. The number of aryl methyl sites for hydroxylation is 3. The Hall–Kier alpha value is -1.89. The van der Waals surface area contributed by atoms with Crippen LogP contribution in [0.1, 0.15) is 59.1 Å². The van der Waals surface area contributed by atoms with Gasteiger partial charge in [-0.05, 0) is 92.3 Å². The van der Waals surface area contributed by atoms with Gasteiger partial charge in [0.2, 0.25) is 0 Å². The van der Waals surface area contributed by atoms with Crippen molar-refractivity contribution in [3.63, 3.8) is 0 Å². The molecule has 0 amide bonds. The van der Waals surface area contributed by atoms with Crippen molar-refractivity contribution in [2.75, 3.05) is 0 Å². The fourth-order valence-electron chi connectivity index (χ4n) is 4.03. The van der Waals surface area contributed by atoms with E-state index in [1.54, 1.807) is 6.92 Å². The molecule has 1 aliphatic carbocycles. The van der Waals surface area contributed by atoms with E-state index in [0.29, 0.717) is 12.3 Å². The highest BCUT2D eigenvalue weighted by Gasteiger charge is 2.25. The minimum atomic E-state index is 0.289. The first-order chi connectivity index (χ1) is 10.9. The Kier molecular flexibility index (Phi) is 4.14. The quantitative estimate of drug-likeness (QED) is 0.706. The summed E-state index contributed by atoms with van der Waals surface area (Å²) in [6, 6.07) is 9.13. The molecule has 0 saturated carbocycles. The lowest BCUT2D eigenvalue weighted by Crippen LogP contribution is -2.05. The van der Waals surface area contributed by atoms with Crippen molar-refractivity contribution >= 4 is 5.78 Å². The minimum absolute atomic E-state index is 0.289. The summed E-state index contributed by atoms with van der Waals surface area (Å²) in [5.74, 6) is 0.632. The lowest BCUT2D eigenvalue weighted by Gasteiger charge is -2.19. The first kappa shape index (κ1) is 16.0. The second-order valence-corrected chi connectivity index (χ2v) is 7.21. The molecule has 0 spiro atoms. The first-order valence-corrected chi connectivity index (χ1v) is 8.58. The van der Waals surface area contributed by atoms with Crippen LogP contribution in [0.25, 0.3) is 11.1 Å². The SMILES string of the molecule is CC(=O)C[C@H]1CCc2cc(C)c(C)c(C)c2-c2ccc(C)cc21. The first-order valence-electron chi connectivity index (χ1n) is 8.58. The highest BCUT2D eigenvalue weighted by molar-refractivity contribution is 5.80. The highest BCUT2D eigenvalue weighted by atomic mass is 16.1. The van der Waals surface area contributed by atoms with Crippen LogP contribution in [-0.2, 0) is 11.2 Å². The van der Waals surface area contributed by atoms with E-state index in [9.17, 15) is 4.79 Å². The topological polar surface area (TPSA) is 17.1 Å². The van der Waals surface area contributed by atoms with Crippen molar-refractivity contribution in [1.29, 1.82) is 0 Å². The highest BCUT2D eigenvalue weighted by Crippen LogP contribution is 2.43. The Morgan fingerprint density at radius 3 is 2.52 bits per heavy atom. The summed E-state index contributed by atoms with van der Waals surface area (Å²) in [5, 5.41) is 0. The van der Waals surface area contributed by atoms with Crippen LogP contribution in [0.15, 0.2) is 24.3 Å². The molecule has 0 bridgehead atoms. The summed E-state index contributed by atoms with van der Waals surface area (Å²) in [4.78, 5) is 11.8. The van der Waals surface area contributed by atoms with Gasteiger partial charge < -0.3 is 4.79 Å². The van der Waals surface area contributed by atoms with Crippen LogP contribution in [0.4, 0.5) is 0 Å². The van der Waals surface area contributed by atoms with Crippen molar-refractivity contribution in [2.45, 2.75) is 59.8 Å². The van der Waals surface area contributed by atoms with Gasteiger partial charge >= 0.3 is 0 Å². The lowest BCUT2D eigenvalue weighted by molar-refractivity contribution is -0.117. The number of benzene rings is 2. The normalized spacial score (nSPS) is 16.5. The third-order valence-electron chi connectivity index (χ3n) is 5.45. The Bertz CT molecular complexity index is 783. The molecule has 1 heteroatoms. The molecule has 0 aliphatic heterocycles. The second-order valence-electron chi connectivity index (χ2n) is 7.21. The number of fused-ring (bicyclic) bond motifs is 3. The molecule has 1 atom stereocenters. The van der Waals surface area contributed by atoms with Crippen LogP contribution in [0.3, 0.4) is 0 Å². The van der Waals surface area contributed by atoms with Gasteiger partial charge in [0.05, 0.1) is 0 Å². The van der Waals surface area contributed by atoms with Crippen LogP contribution in [0.2, 0.25) is 0 Å². The molecular formula is C22H26O. The van der Waals surface area contributed by atoms with Crippen LogP contribution in [0.5, 0.6) is 0 Å². The average molecular weight is 306 g/mol. The summed E-state index contributed by atoms with van der Waals surface area (Å²) in [6.45, 7) is 10.5. The monoisotopic (exact) mass is 306 g/mol. The number of hydrogen-bond donors (Lipinski definition) is 0. The Balaban J connectivity index is 2.27. The van der Waals surface area contributed by atoms with E-state index in [2.05, 4.69) is 52.0 Å². The molecular weight excluding hydrogens is 280 g/mol. The van der Waals surface area contributed by atoms with E-state index < -0.39 is 0 Å². The van der Waals surface area contributed by atoms with Crippen LogP contribution >= 0.6 is 0 Å². The van der Waals surface area contributed by atoms with Crippen molar-refractivity contribution in [1.82, 2.24) is 0 Å². The number of carbonyl (C=O) groups is 1. The lowest BCUT2D eigenvalue weighted by atomic mass is 9.85. The molecule has 0 aromatic heterocycles. The molecule has 0 N–H and O–H groups in total. The van der Waals surface area contributed by atoms with Crippen molar-refractivity contribution in [3.05, 3.63) is 57.6 Å². The van der Waals surface area contributed by atoms with Gasteiger partial charge in [-0.3, -0.25) is 0 Å². The standard InChI is InChI=1S/C22H26O/c1-13-6-9-20-21(10-13)18(12-15(3)23)7-8-19-11-14(2)16(4)17(5)22(19)20/h6,9-11,18H,7-8,12H2,1-5H3/t18-/m1/s1. The maximum absolute atomic E-state index is 11.8. The third-order valence-corrected chi connectivity index (χ3v) is 5.45. The summed E-state index contributed by atoms with van der Waals surface area (Å²) in [6.07, 6.45) is 2.77. The van der Waals surface area contributed by atoms with Crippen LogP contribution in [-0.4, -0.2) is 5.78 Å². The van der Waals surface area contributed by atoms with Gasteiger partial charge in [0, 0.05) is 6.42 Å². The molecule has 2 aromatic rings. The number of carbonyl (C=O) groups excluding carboxylic acids is 1. The van der Waals surface area contributed by atoms with E-state index in [-0.39, 0.29) is 5.78 Å². The smallest absolute Gasteiger partial charge is 0.130 e. The van der Waals surface area contributed by atoms with E-state index >= 15 is 0 Å². The van der Waals surface area contributed by atoms with Gasteiger partial charge in [-0.2, -0.15) is 0 Å². The van der Waals surface area contributed by atoms with Gasteiger partial charge in [0.25, 0.3) is 0 Å². The van der Waals surface area contributed by atoms with Gasteiger partial charge in [-0.25, -0.2) is 0 Å². The van der Waals surface area contributed by atoms with E-state index in [1.165, 1.54) is 44.5 Å². The zero-order valence-corrected chi connectivity index (χ0v) is 14.9. The molecule has 2 aromatic carbocycles. The van der Waals surface area contributed by atoms with Gasteiger partial charge in [-0.1, -0.05) is 29.8 Å². The fraction of sp³-hybridized carbons (Fsp3) is 0.409. The molecule has 0 unspecified atom stereocenters. The molecule has 120 valence electrons. The number of Topliss-reactive ketones (excluding diaryl/α,β-unsaturated/α-hetero) is 1. The molecule has 0 radical (unpaired) electrons. The molecule has 23 heavy (non-hydrogen) atoms. The van der Waals surface area contributed by atoms with Gasteiger partial charge in [0.1, 0.15) is 5.78 Å². The molecule has 0 heterocycles. The molecule has 0 saturated heterocycles.